The van der Waals surface area contributed by atoms with Crippen molar-refractivity contribution >= 4 is 28.7 Å². The Labute approximate surface area is 98.2 Å². The molecule has 0 radical (unpaired) electrons. The molecule has 82 valence electrons. The first kappa shape index (κ1) is 11.1. The number of carbonyl (C=O) groups is 1. The molecule has 2 nitrogen and oxygen atoms in total. The predicted octanol–water partition coefficient (Wildman–Crippen LogP) is 3.54. The normalized spacial score (nSPS) is 26.5. The van der Waals surface area contributed by atoms with Gasteiger partial charge in [0.1, 0.15) is 5.60 Å². The minimum atomic E-state index is -0.660. The summed E-state index contributed by atoms with van der Waals surface area (Å²) in [5.74, 6) is 0.0298. The van der Waals surface area contributed by atoms with E-state index < -0.39 is 5.60 Å². The smallest absolute Gasteiger partial charge is 0.205 e. The fourth-order valence-corrected chi connectivity index (χ4v) is 3.01. The number of carbonyl (C=O) groups excluding carboxylic acids is 1. The first-order valence-corrected chi connectivity index (χ1v) is 6.31. The zero-order valence-corrected chi connectivity index (χ0v) is 10.2. The highest BCUT2D eigenvalue weighted by atomic mass is 35.5. The van der Waals surface area contributed by atoms with Gasteiger partial charge < -0.3 is 4.74 Å². The highest BCUT2D eigenvalue weighted by Gasteiger charge is 2.37. The second kappa shape index (κ2) is 4.24. The Morgan fingerprint density at radius 2 is 2.40 bits per heavy atom. The predicted molar refractivity (Wildman–Crippen MR) is 61.9 cm³/mol. The molecule has 0 N–H and O–H groups in total. The van der Waals surface area contributed by atoms with E-state index >= 15 is 0 Å². The molecule has 1 aliphatic heterocycles. The van der Waals surface area contributed by atoms with E-state index in [-0.39, 0.29) is 5.78 Å². The Balaban J connectivity index is 2.23. The summed E-state index contributed by atoms with van der Waals surface area (Å²) >= 11 is 7.34. The van der Waals surface area contributed by atoms with Gasteiger partial charge in [0.15, 0.2) is 0 Å². The Hall–Kier alpha value is -0.380. The van der Waals surface area contributed by atoms with Crippen molar-refractivity contribution in [1.82, 2.24) is 0 Å². The van der Waals surface area contributed by atoms with Crippen LogP contribution >= 0.6 is 22.9 Å². The maximum atomic E-state index is 12.2. The molecule has 0 saturated carbocycles. The second-order valence-electron chi connectivity index (χ2n) is 3.96. The molecule has 1 atom stereocenters. The van der Waals surface area contributed by atoms with Crippen molar-refractivity contribution in [3.05, 3.63) is 21.3 Å². The standard InChI is InChI=1S/C11H13ClO2S/c1-11(5-2-3-6-14-11)10(13)9-8(12)4-7-15-9/h4,7H,2-3,5-6H2,1H3. The SMILES string of the molecule is CC1(C(=O)c2sccc2Cl)CCCCO1. The molecule has 1 aromatic heterocycles. The van der Waals surface area contributed by atoms with E-state index in [9.17, 15) is 4.79 Å². The van der Waals surface area contributed by atoms with Crippen LogP contribution in [0.2, 0.25) is 5.02 Å². The minimum Gasteiger partial charge on any atom is -0.367 e. The van der Waals surface area contributed by atoms with E-state index in [0.29, 0.717) is 16.5 Å². The minimum absolute atomic E-state index is 0.0298. The summed E-state index contributed by atoms with van der Waals surface area (Å²) in [7, 11) is 0. The van der Waals surface area contributed by atoms with Gasteiger partial charge >= 0.3 is 0 Å². The van der Waals surface area contributed by atoms with Crippen molar-refractivity contribution < 1.29 is 9.53 Å². The number of ether oxygens (including phenoxy) is 1. The van der Waals surface area contributed by atoms with Gasteiger partial charge in [-0.2, -0.15) is 0 Å². The average molecular weight is 245 g/mol. The Morgan fingerprint density at radius 1 is 1.60 bits per heavy atom. The van der Waals surface area contributed by atoms with E-state index in [4.69, 9.17) is 16.3 Å². The topological polar surface area (TPSA) is 26.3 Å². The number of hydrogen-bond acceptors (Lipinski definition) is 3. The molecule has 1 saturated heterocycles. The molecule has 0 aliphatic carbocycles. The molecule has 1 aliphatic rings. The number of ketones is 1. The molecule has 15 heavy (non-hydrogen) atoms. The van der Waals surface area contributed by atoms with E-state index in [2.05, 4.69) is 0 Å². The Kier molecular flexibility index (Phi) is 3.14. The summed E-state index contributed by atoms with van der Waals surface area (Å²) in [6, 6.07) is 1.76. The van der Waals surface area contributed by atoms with Crippen LogP contribution in [0.1, 0.15) is 35.9 Å². The van der Waals surface area contributed by atoms with Gasteiger partial charge in [0, 0.05) is 6.61 Å². The summed E-state index contributed by atoms with van der Waals surface area (Å²) < 4.78 is 5.60. The lowest BCUT2D eigenvalue weighted by Crippen LogP contribution is -2.41. The van der Waals surface area contributed by atoms with Crippen molar-refractivity contribution in [2.45, 2.75) is 31.8 Å². The largest absolute Gasteiger partial charge is 0.367 e. The van der Waals surface area contributed by atoms with Gasteiger partial charge in [-0.15, -0.1) is 11.3 Å². The van der Waals surface area contributed by atoms with Crippen LogP contribution in [0.3, 0.4) is 0 Å². The Morgan fingerprint density at radius 3 is 2.93 bits per heavy atom. The molecule has 1 aromatic rings. The zero-order chi connectivity index (χ0) is 10.9. The third-order valence-corrected chi connectivity index (χ3v) is 4.11. The van der Waals surface area contributed by atoms with E-state index in [1.807, 2.05) is 12.3 Å². The number of halogens is 1. The molecule has 0 bridgehead atoms. The first-order chi connectivity index (χ1) is 7.13. The van der Waals surface area contributed by atoms with Gasteiger partial charge in [0.25, 0.3) is 0 Å². The van der Waals surface area contributed by atoms with Crippen molar-refractivity contribution in [2.24, 2.45) is 0 Å². The van der Waals surface area contributed by atoms with Crippen LogP contribution in [0.4, 0.5) is 0 Å². The van der Waals surface area contributed by atoms with Crippen molar-refractivity contribution in [1.29, 1.82) is 0 Å². The van der Waals surface area contributed by atoms with Crippen molar-refractivity contribution in [3.63, 3.8) is 0 Å². The highest BCUT2D eigenvalue weighted by Crippen LogP contribution is 2.33. The van der Waals surface area contributed by atoms with E-state index in [1.54, 1.807) is 6.07 Å². The molecule has 0 amide bonds. The van der Waals surface area contributed by atoms with Gasteiger partial charge in [0.05, 0.1) is 9.90 Å². The summed E-state index contributed by atoms with van der Waals surface area (Å²) in [5.41, 5.74) is -0.660. The van der Waals surface area contributed by atoms with Crippen molar-refractivity contribution in [3.8, 4) is 0 Å². The average Bonchev–Trinajstić information content (AvgIpc) is 2.64. The molecule has 4 heteroatoms. The number of thiophene rings is 1. The maximum Gasteiger partial charge on any atom is 0.205 e. The summed E-state index contributed by atoms with van der Waals surface area (Å²) in [5, 5.41) is 2.38. The number of Topliss-reactive ketones (excluding diaryl/α,β-unsaturated/α-hetero) is 1. The zero-order valence-electron chi connectivity index (χ0n) is 8.59. The summed E-state index contributed by atoms with van der Waals surface area (Å²) in [6.45, 7) is 2.54. The third kappa shape index (κ3) is 2.10. The first-order valence-electron chi connectivity index (χ1n) is 5.05. The van der Waals surface area contributed by atoms with Crippen LogP contribution in [0, 0.1) is 0 Å². The maximum absolute atomic E-state index is 12.2. The third-order valence-electron chi connectivity index (χ3n) is 2.77. The summed E-state index contributed by atoms with van der Waals surface area (Å²) in [6.07, 6.45) is 2.88. The molecule has 2 rings (SSSR count). The van der Waals surface area contributed by atoms with E-state index in [1.165, 1.54) is 11.3 Å². The van der Waals surface area contributed by atoms with Crippen LogP contribution in [-0.4, -0.2) is 18.0 Å². The molecule has 0 spiro atoms. The van der Waals surface area contributed by atoms with Gasteiger partial charge in [-0.05, 0) is 37.6 Å². The fraction of sp³-hybridized carbons (Fsp3) is 0.545. The second-order valence-corrected chi connectivity index (χ2v) is 5.29. The van der Waals surface area contributed by atoms with Crippen LogP contribution in [0.15, 0.2) is 11.4 Å². The van der Waals surface area contributed by atoms with Crippen LogP contribution < -0.4 is 0 Å². The lowest BCUT2D eigenvalue weighted by Gasteiger charge is -2.32. The molecule has 1 fully saturated rings. The molecular weight excluding hydrogens is 232 g/mol. The monoisotopic (exact) mass is 244 g/mol. The van der Waals surface area contributed by atoms with E-state index in [0.717, 1.165) is 19.3 Å². The highest BCUT2D eigenvalue weighted by molar-refractivity contribution is 7.12. The molecule has 2 heterocycles. The van der Waals surface area contributed by atoms with Crippen molar-refractivity contribution in [2.75, 3.05) is 6.61 Å². The Bertz CT molecular complexity index is 366. The lowest BCUT2D eigenvalue weighted by atomic mass is 9.91. The number of rotatable bonds is 2. The van der Waals surface area contributed by atoms with Gasteiger partial charge in [-0.25, -0.2) is 0 Å². The number of hydrogen-bond donors (Lipinski definition) is 0. The lowest BCUT2D eigenvalue weighted by molar-refractivity contribution is -0.0423. The summed E-state index contributed by atoms with van der Waals surface area (Å²) in [4.78, 5) is 12.8. The van der Waals surface area contributed by atoms with Gasteiger partial charge in [-0.3, -0.25) is 4.79 Å². The fourth-order valence-electron chi connectivity index (χ4n) is 1.81. The van der Waals surface area contributed by atoms with Gasteiger partial charge in [0.2, 0.25) is 5.78 Å². The molecule has 0 aromatic carbocycles. The molecule has 1 unspecified atom stereocenters. The van der Waals surface area contributed by atoms with Gasteiger partial charge in [-0.1, -0.05) is 11.6 Å². The quantitative estimate of drug-likeness (QED) is 0.744. The van der Waals surface area contributed by atoms with Crippen LogP contribution in [0.25, 0.3) is 0 Å². The van der Waals surface area contributed by atoms with Crippen LogP contribution in [-0.2, 0) is 4.74 Å². The van der Waals surface area contributed by atoms with Crippen LogP contribution in [0.5, 0.6) is 0 Å². The molecular formula is C11H13ClO2S.